The summed E-state index contributed by atoms with van der Waals surface area (Å²) in [6.45, 7) is 6.71. The van der Waals surface area contributed by atoms with Gasteiger partial charge in [0.25, 0.3) is 0 Å². The second-order valence-electron chi connectivity index (χ2n) is 22.0. The third-order valence-corrected chi connectivity index (χ3v) is 14.8. The molecule has 6 heteroatoms. The molecule has 0 heterocycles. The molecule has 0 radical (unpaired) electrons. The smallest absolute Gasteiger partial charge is 0.306 e. The molecule has 71 heavy (non-hydrogen) atoms. The van der Waals surface area contributed by atoms with Gasteiger partial charge < -0.3 is 14.2 Å². The molecule has 0 aliphatic heterocycles. The van der Waals surface area contributed by atoms with Crippen molar-refractivity contribution >= 4 is 17.9 Å². The first kappa shape index (κ1) is 69.2. The van der Waals surface area contributed by atoms with E-state index in [1.54, 1.807) is 0 Å². The number of allylic oxidation sites excluding steroid dienone is 2. The monoisotopic (exact) mass is 1000 g/mol. The van der Waals surface area contributed by atoms with Crippen LogP contribution >= 0.6 is 0 Å². The van der Waals surface area contributed by atoms with Crippen LogP contribution < -0.4 is 0 Å². The molecule has 0 amide bonds. The molecule has 0 bridgehead atoms. The SMILES string of the molecule is CCCCCCCC/C=C\CCCCCCCCCCCCCC(=O)OC[C@H](COC(=O)CCCCCCCCCCCCCCCCCCC)OC(=O)CCCCCCCCCCCCCCCCC. The maximum atomic E-state index is 12.9. The lowest BCUT2D eigenvalue weighted by molar-refractivity contribution is -0.167. The lowest BCUT2D eigenvalue weighted by Crippen LogP contribution is -2.30. The van der Waals surface area contributed by atoms with Gasteiger partial charge in [0.1, 0.15) is 13.2 Å². The van der Waals surface area contributed by atoms with Gasteiger partial charge in [-0.05, 0) is 44.9 Å². The Morgan fingerprint density at radius 1 is 0.268 bits per heavy atom. The van der Waals surface area contributed by atoms with Crippen molar-refractivity contribution in [2.45, 2.75) is 374 Å². The summed E-state index contributed by atoms with van der Waals surface area (Å²) < 4.78 is 17.0. The summed E-state index contributed by atoms with van der Waals surface area (Å²) in [7, 11) is 0. The molecule has 6 nitrogen and oxygen atoms in total. The number of rotatable bonds is 60. The number of unbranched alkanes of at least 4 members (excludes halogenated alkanes) is 47. The number of carbonyl (C=O) groups excluding carboxylic acids is 3. The molecule has 1 atom stereocenters. The molecule has 0 rings (SSSR count). The van der Waals surface area contributed by atoms with E-state index in [-0.39, 0.29) is 31.1 Å². The molecule has 0 unspecified atom stereocenters. The van der Waals surface area contributed by atoms with Gasteiger partial charge in [0.15, 0.2) is 6.10 Å². The zero-order chi connectivity index (χ0) is 51.4. The molecular formula is C65H124O6. The minimum absolute atomic E-state index is 0.0631. The normalized spacial score (nSPS) is 12.0. The number of hydrogen-bond acceptors (Lipinski definition) is 6. The summed E-state index contributed by atoms with van der Waals surface area (Å²) in [4.78, 5) is 38.3. The van der Waals surface area contributed by atoms with Crippen molar-refractivity contribution in [2.75, 3.05) is 13.2 Å². The summed E-state index contributed by atoms with van der Waals surface area (Å²) >= 11 is 0. The predicted octanol–water partition coefficient (Wildman–Crippen LogP) is 21.7. The fraction of sp³-hybridized carbons (Fsp3) is 0.923. The third kappa shape index (κ3) is 58.9. The molecule has 0 aliphatic carbocycles. The molecule has 0 spiro atoms. The first-order valence-corrected chi connectivity index (χ1v) is 32.2. The Hall–Kier alpha value is -1.85. The minimum atomic E-state index is -0.765. The van der Waals surface area contributed by atoms with E-state index in [0.717, 1.165) is 57.8 Å². The largest absolute Gasteiger partial charge is 0.462 e. The topological polar surface area (TPSA) is 78.9 Å². The van der Waals surface area contributed by atoms with Crippen LogP contribution in [0.25, 0.3) is 0 Å². The van der Waals surface area contributed by atoms with Gasteiger partial charge in [-0.15, -0.1) is 0 Å². The van der Waals surface area contributed by atoms with E-state index in [4.69, 9.17) is 14.2 Å². The van der Waals surface area contributed by atoms with Gasteiger partial charge in [0.2, 0.25) is 0 Å². The summed E-state index contributed by atoms with van der Waals surface area (Å²) in [6.07, 6.45) is 70.7. The van der Waals surface area contributed by atoms with E-state index < -0.39 is 6.10 Å². The van der Waals surface area contributed by atoms with Crippen LogP contribution in [0.1, 0.15) is 367 Å². The average Bonchev–Trinajstić information content (AvgIpc) is 3.37. The van der Waals surface area contributed by atoms with Crippen LogP contribution in [-0.4, -0.2) is 37.2 Å². The van der Waals surface area contributed by atoms with E-state index in [1.807, 2.05) is 0 Å². The Balaban J connectivity index is 4.27. The molecule has 0 aromatic heterocycles. The van der Waals surface area contributed by atoms with Gasteiger partial charge in [-0.25, -0.2) is 0 Å². The highest BCUT2D eigenvalue weighted by molar-refractivity contribution is 5.71. The fourth-order valence-corrected chi connectivity index (χ4v) is 9.91. The second-order valence-corrected chi connectivity index (χ2v) is 22.0. The van der Waals surface area contributed by atoms with Crippen molar-refractivity contribution in [1.82, 2.24) is 0 Å². The van der Waals surface area contributed by atoms with Crippen molar-refractivity contribution in [3.8, 4) is 0 Å². The van der Waals surface area contributed by atoms with Gasteiger partial charge in [-0.2, -0.15) is 0 Å². The van der Waals surface area contributed by atoms with Gasteiger partial charge in [0, 0.05) is 19.3 Å². The molecule has 0 fully saturated rings. The fourth-order valence-electron chi connectivity index (χ4n) is 9.91. The standard InChI is InChI=1S/C65H124O6/c1-4-7-10-13-16-19-22-25-28-30-31-32-33-35-38-40-43-46-49-52-55-58-64(67)70-61-62(71-65(68)59-56-53-50-47-44-41-36-27-24-21-18-15-12-9-6-3)60-69-63(66)57-54-51-48-45-42-39-37-34-29-26-23-20-17-14-11-8-5-2/h25,28,62H,4-24,26-27,29-61H2,1-3H3/b28-25-/t62-/m0/s1. The summed E-state index contributed by atoms with van der Waals surface area (Å²) in [6, 6.07) is 0. The van der Waals surface area contributed by atoms with Gasteiger partial charge in [-0.3, -0.25) is 14.4 Å². The highest BCUT2D eigenvalue weighted by Crippen LogP contribution is 2.18. The lowest BCUT2D eigenvalue weighted by atomic mass is 10.0. The average molecular weight is 1000 g/mol. The molecular weight excluding hydrogens is 877 g/mol. The van der Waals surface area contributed by atoms with Gasteiger partial charge >= 0.3 is 17.9 Å². The molecule has 0 N–H and O–H groups in total. The first-order chi connectivity index (χ1) is 35.0. The zero-order valence-electron chi connectivity index (χ0n) is 48.3. The maximum Gasteiger partial charge on any atom is 0.306 e. The van der Waals surface area contributed by atoms with Crippen molar-refractivity contribution in [1.29, 1.82) is 0 Å². The van der Waals surface area contributed by atoms with Crippen molar-refractivity contribution in [3.63, 3.8) is 0 Å². The summed E-state index contributed by atoms with van der Waals surface area (Å²) in [5.41, 5.74) is 0. The highest BCUT2D eigenvalue weighted by atomic mass is 16.6. The van der Waals surface area contributed by atoms with Crippen molar-refractivity contribution in [2.24, 2.45) is 0 Å². The van der Waals surface area contributed by atoms with Crippen LogP contribution in [0.3, 0.4) is 0 Å². The number of esters is 3. The second kappa shape index (κ2) is 60.7. The molecule has 0 saturated heterocycles. The summed E-state index contributed by atoms with van der Waals surface area (Å²) in [5, 5.41) is 0. The Labute approximate surface area is 443 Å². The van der Waals surface area contributed by atoms with E-state index in [0.29, 0.717) is 19.3 Å². The van der Waals surface area contributed by atoms with Crippen LogP contribution in [-0.2, 0) is 28.6 Å². The number of hydrogen-bond donors (Lipinski definition) is 0. The lowest BCUT2D eigenvalue weighted by Gasteiger charge is -2.18. The molecule has 0 aromatic carbocycles. The van der Waals surface area contributed by atoms with Crippen LogP contribution in [0.4, 0.5) is 0 Å². The van der Waals surface area contributed by atoms with Crippen LogP contribution in [0, 0.1) is 0 Å². The van der Waals surface area contributed by atoms with E-state index in [9.17, 15) is 14.4 Å². The predicted molar refractivity (Wildman–Crippen MR) is 307 cm³/mol. The van der Waals surface area contributed by atoms with E-state index in [1.165, 1.54) is 270 Å². The number of ether oxygens (including phenoxy) is 3. The van der Waals surface area contributed by atoms with E-state index in [2.05, 4.69) is 32.9 Å². The Bertz CT molecular complexity index is 1100. The molecule has 420 valence electrons. The van der Waals surface area contributed by atoms with Gasteiger partial charge in [-0.1, -0.05) is 315 Å². The quantitative estimate of drug-likeness (QED) is 0.0261. The first-order valence-electron chi connectivity index (χ1n) is 32.2. The molecule has 0 saturated carbocycles. The van der Waals surface area contributed by atoms with Gasteiger partial charge in [0.05, 0.1) is 0 Å². The molecule has 0 aromatic rings. The van der Waals surface area contributed by atoms with Crippen molar-refractivity contribution in [3.05, 3.63) is 12.2 Å². The zero-order valence-corrected chi connectivity index (χ0v) is 48.3. The molecule has 0 aliphatic rings. The minimum Gasteiger partial charge on any atom is -0.462 e. The Morgan fingerprint density at radius 3 is 0.704 bits per heavy atom. The van der Waals surface area contributed by atoms with Crippen LogP contribution in [0.2, 0.25) is 0 Å². The Kier molecular flexibility index (Phi) is 59.1. The van der Waals surface area contributed by atoms with Crippen molar-refractivity contribution < 1.29 is 28.6 Å². The highest BCUT2D eigenvalue weighted by Gasteiger charge is 2.19. The summed E-state index contributed by atoms with van der Waals surface area (Å²) in [5.74, 6) is -0.832. The van der Waals surface area contributed by atoms with Crippen LogP contribution in [0.5, 0.6) is 0 Å². The Morgan fingerprint density at radius 2 is 0.465 bits per heavy atom. The maximum absolute atomic E-state index is 12.9. The van der Waals surface area contributed by atoms with E-state index >= 15 is 0 Å². The third-order valence-electron chi connectivity index (χ3n) is 14.8. The van der Waals surface area contributed by atoms with Crippen LogP contribution in [0.15, 0.2) is 12.2 Å². The number of carbonyl (C=O) groups is 3.